The summed E-state index contributed by atoms with van der Waals surface area (Å²) in [4.78, 5) is 0. The molecule has 4 aliphatic heterocycles. The van der Waals surface area contributed by atoms with Gasteiger partial charge in [-0.15, -0.1) is 0 Å². The van der Waals surface area contributed by atoms with Crippen LogP contribution in [0.2, 0.25) is 0 Å². The van der Waals surface area contributed by atoms with Gasteiger partial charge < -0.3 is 45.4 Å². The Labute approximate surface area is 368 Å². The number of para-hydroxylation sites is 2. The minimum Gasteiger partial charge on any atom is -0.489 e. The summed E-state index contributed by atoms with van der Waals surface area (Å²) in [5.41, 5.74) is 10.8. The van der Waals surface area contributed by atoms with Crippen LogP contribution in [0.4, 0.5) is 11.4 Å². The molecule has 0 amide bonds. The number of rotatable bonds is 14. The molecule has 4 aromatic carbocycles. The van der Waals surface area contributed by atoms with E-state index in [0.717, 1.165) is 97.9 Å². The summed E-state index contributed by atoms with van der Waals surface area (Å²) in [7, 11) is 0. The largest absolute Gasteiger partial charge is 0.489 e. The molecule has 4 heterocycles. The van der Waals surface area contributed by atoms with Crippen LogP contribution in [0.1, 0.15) is 94.6 Å². The summed E-state index contributed by atoms with van der Waals surface area (Å²) >= 11 is 0. The number of nitrogens with zero attached hydrogens (tertiary/aromatic N) is 2. The smallest absolute Gasteiger partial charge is 0.161 e. The highest BCUT2D eigenvalue weighted by molar-refractivity contribution is 5.52. The van der Waals surface area contributed by atoms with E-state index in [1.165, 1.54) is 49.7 Å². The maximum Gasteiger partial charge on any atom is 0.161 e. The maximum absolute atomic E-state index is 9.99. The number of benzene rings is 4. The summed E-state index contributed by atoms with van der Waals surface area (Å²) in [5, 5.41) is 30.7. The van der Waals surface area contributed by atoms with Crippen molar-refractivity contribution in [3.05, 3.63) is 108 Å². The zero-order chi connectivity index (χ0) is 43.1. The van der Waals surface area contributed by atoms with Crippen LogP contribution < -0.4 is 35.1 Å². The lowest BCUT2D eigenvalue weighted by Crippen LogP contribution is -2.44. The van der Waals surface area contributed by atoms with Crippen LogP contribution in [-0.2, 0) is 0 Å². The number of piperidine rings is 2. The Kier molecular flexibility index (Phi) is 16.6. The Morgan fingerprint density at radius 2 is 1.06 bits per heavy atom. The number of aliphatic hydroxyl groups is 1. The molecule has 10 rings (SSSR count). The van der Waals surface area contributed by atoms with Crippen molar-refractivity contribution in [2.75, 3.05) is 30.7 Å². The van der Waals surface area contributed by atoms with Gasteiger partial charge in [-0.05, 0) is 150 Å². The maximum atomic E-state index is 9.99. The summed E-state index contributed by atoms with van der Waals surface area (Å²) in [5.74, 6) is 5.13. The van der Waals surface area contributed by atoms with Crippen molar-refractivity contribution in [1.29, 1.82) is 5.26 Å². The molecule has 2 aliphatic carbocycles. The Morgan fingerprint density at radius 3 is 1.47 bits per heavy atom. The van der Waals surface area contributed by atoms with Crippen molar-refractivity contribution in [1.82, 2.24) is 10.4 Å². The number of aryl methyl sites for hydroxylation is 2. The zero-order valence-electron chi connectivity index (χ0n) is 36.6. The molecule has 4 bridgehead atoms. The number of nitrogens with one attached hydrogen (secondary N) is 3. The zero-order valence-corrected chi connectivity index (χ0v) is 36.6. The van der Waals surface area contributed by atoms with E-state index in [4.69, 9.17) is 29.3 Å². The highest BCUT2D eigenvalue weighted by atomic mass is 16.5. The van der Waals surface area contributed by atoms with Crippen molar-refractivity contribution in [3.8, 4) is 29.1 Å². The molecule has 332 valence electrons. The van der Waals surface area contributed by atoms with Crippen LogP contribution in [0.5, 0.6) is 23.0 Å². The summed E-state index contributed by atoms with van der Waals surface area (Å²) in [6.45, 7) is 5.82. The lowest BCUT2D eigenvalue weighted by atomic mass is 10.0. The molecule has 0 aromatic heterocycles. The van der Waals surface area contributed by atoms with Crippen molar-refractivity contribution >= 4 is 11.4 Å². The highest BCUT2D eigenvalue weighted by Crippen LogP contribution is 2.40. The first kappa shape index (κ1) is 45.0. The number of hydrogen-bond donors (Lipinski definition) is 5. The normalized spacial score (nSPS) is 24.3. The number of hydroxylamine groups is 2. The number of hydrazine groups is 1. The molecule has 11 heteroatoms. The number of aliphatic hydroxyl groups excluding tert-OH is 1. The topological polar surface area (TPSA) is 140 Å². The second kappa shape index (κ2) is 22.9. The van der Waals surface area contributed by atoms with E-state index in [2.05, 4.69) is 60.3 Å². The number of nitriles is 1. The van der Waals surface area contributed by atoms with Gasteiger partial charge in [0, 0.05) is 37.0 Å². The number of ether oxygens (including phenoxy) is 4. The molecule has 6 atom stereocenters. The van der Waals surface area contributed by atoms with E-state index in [9.17, 15) is 5.21 Å². The molecule has 6 fully saturated rings. The molecule has 5 N–H and O–H groups in total. The molecular weight excluding hydrogens is 779 g/mol. The molecule has 11 nitrogen and oxygen atoms in total. The number of hydrogen-bond acceptors (Lipinski definition) is 11. The second-order valence-electron chi connectivity index (χ2n) is 17.8. The lowest BCUT2D eigenvalue weighted by molar-refractivity contribution is -0.164. The molecule has 0 radical (unpaired) electrons. The van der Waals surface area contributed by atoms with Crippen LogP contribution in [0.15, 0.2) is 97.1 Å². The molecule has 6 aliphatic rings. The van der Waals surface area contributed by atoms with Gasteiger partial charge in [0.1, 0.15) is 12.2 Å². The SMILES string of the molecule is Cc1ccc(OC2C[C@H]3CC[C@@H](C2)N3)c(OCC2CC2)c1.Cc1ccc(OC2C[C@H]3CC[C@@H](C2)N3O)c(OCC2CC2)c1.N#CCCO.c1ccc(NNc2ccccc2)cc1. The standard InChI is InChI=1S/C18H25NO3.C18H25NO2.C12H12N2.C3H5NO/c1-12-2-7-17(18(8-12)21-11-13-3-4-13)22-16-9-14-5-6-15(10-16)19(14)20;1-12-2-7-17(18(8-12)20-11-13-3-4-13)21-16-9-14-5-6-15(10-16)19-14;1-3-7-11(8-4-1)13-14-12-9-5-2-6-10-12;4-2-1-3-5/h2,7-8,13-16,20H,3-6,9-11H2,1H3;2,7-8,13-16,19H,3-6,9-11H2,1H3;1-10,13-14H;5H,1,3H2/t2*14-,15+,16?;;. The Bertz CT molecular complexity index is 1920. The minimum atomic E-state index is -0.0174. The quantitative estimate of drug-likeness (QED) is 0.0775. The van der Waals surface area contributed by atoms with E-state index >= 15 is 0 Å². The van der Waals surface area contributed by atoms with E-state index in [0.29, 0.717) is 18.2 Å². The first-order valence-electron chi connectivity index (χ1n) is 22.9. The van der Waals surface area contributed by atoms with Gasteiger partial charge in [0.25, 0.3) is 0 Å². The monoisotopic (exact) mass is 846 g/mol. The van der Waals surface area contributed by atoms with Crippen LogP contribution in [-0.4, -0.2) is 71.6 Å². The molecular formula is C51H67N5O6. The molecule has 0 spiro atoms. The van der Waals surface area contributed by atoms with Gasteiger partial charge >= 0.3 is 0 Å². The third-order valence-electron chi connectivity index (χ3n) is 12.3. The number of anilines is 2. The van der Waals surface area contributed by atoms with Gasteiger partial charge in [-0.2, -0.15) is 10.3 Å². The van der Waals surface area contributed by atoms with Crippen LogP contribution in [0.25, 0.3) is 0 Å². The van der Waals surface area contributed by atoms with E-state index in [1.54, 1.807) is 11.1 Å². The summed E-state index contributed by atoms with van der Waals surface area (Å²) < 4.78 is 24.6. The Hall–Kier alpha value is -4.99. The predicted molar refractivity (Wildman–Crippen MR) is 244 cm³/mol. The molecule has 4 saturated heterocycles. The van der Waals surface area contributed by atoms with Crippen LogP contribution in [0, 0.1) is 37.0 Å². The molecule has 62 heavy (non-hydrogen) atoms. The molecule has 2 unspecified atom stereocenters. The second-order valence-corrected chi connectivity index (χ2v) is 17.8. The fourth-order valence-corrected chi connectivity index (χ4v) is 8.53. The summed E-state index contributed by atoms with van der Waals surface area (Å²) in [6.07, 6.45) is 14.9. The summed E-state index contributed by atoms with van der Waals surface area (Å²) in [6, 6.07) is 36.1. The fraction of sp³-hybridized carbons (Fsp3) is 0.510. The van der Waals surface area contributed by atoms with Gasteiger partial charge in [0.15, 0.2) is 23.0 Å². The first-order chi connectivity index (χ1) is 30.3. The average molecular weight is 846 g/mol. The lowest BCUT2D eigenvalue weighted by Gasteiger charge is -2.34. The fourth-order valence-electron chi connectivity index (χ4n) is 8.53. The van der Waals surface area contributed by atoms with Crippen molar-refractivity contribution in [2.24, 2.45) is 11.8 Å². The molecule has 2 saturated carbocycles. The third kappa shape index (κ3) is 14.3. The van der Waals surface area contributed by atoms with Gasteiger partial charge in [-0.3, -0.25) is 0 Å². The van der Waals surface area contributed by atoms with Crippen molar-refractivity contribution in [2.45, 2.75) is 134 Å². The van der Waals surface area contributed by atoms with Crippen molar-refractivity contribution < 1.29 is 29.3 Å². The van der Waals surface area contributed by atoms with Crippen LogP contribution >= 0.6 is 0 Å². The van der Waals surface area contributed by atoms with Gasteiger partial charge in [-0.1, -0.05) is 48.5 Å². The first-order valence-corrected chi connectivity index (χ1v) is 22.9. The van der Waals surface area contributed by atoms with Gasteiger partial charge in [0.05, 0.1) is 43.7 Å². The van der Waals surface area contributed by atoms with Gasteiger partial charge in [0.2, 0.25) is 0 Å². The van der Waals surface area contributed by atoms with Crippen molar-refractivity contribution in [3.63, 3.8) is 0 Å². The third-order valence-corrected chi connectivity index (χ3v) is 12.3. The Morgan fingerprint density at radius 1 is 0.613 bits per heavy atom. The van der Waals surface area contributed by atoms with E-state index in [1.807, 2.05) is 66.7 Å². The van der Waals surface area contributed by atoms with Gasteiger partial charge in [-0.25, -0.2) is 0 Å². The Balaban J connectivity index is 0.000000135. The highest BCUT2D eigenvalue weighted by Gasteiger charge is 2.41. The average Bonchev–Trinajstić information content (AvgIpc) is 4.23. The number of fused-ring (bicyclic) bond motifs is 4. The molecule has 4 aromatic rings. The predicted octanol–water partition coefficient (Wildman–Crippen LogP) is 10.0. The van der Waals surface area contributed by atoms with Crippen LogP contribution in [0.3, 0.4) is 0 Å². The minimum absolute atomic E-state index is 0.0174. The van der Waals surface area contributed by atoms with E-state index < -0.39 is 0 Å². The van der Waals surface area contributed by atoms with E-state index in [-0.39, 0.29) is 31.2 Å².